The Balaban J connectivity index is 1.71. The highest BCUT2D eigenvalue weighted by atomic mass is 16.5. The van der Waals surface area contributed by atoms with Crippen LogP contribution in [-0.2, 0) is 17.8 Å². The Morgan fingerprint density at radius 1 is 1.45 bits per heavy atom. The van der Waals surface area contributed by atoms with Gasteiger partial charge < -0.3 is 14.9 Å². The molecule has 0 bridgehead atoms. The molecule has 0 saturated carbocycles. The van der Waals surface area contributed by atoms with Crippen molar-refractivity contribution in [1.82, 2.24) is 20.4 Å². The van der Waals surface area contributed by atoms with Crippen LogP contribution in [0.4, 0.5) is 0 Å². The van der Waals surface area contributed by atoms with Gasteiger partial charge in [-0.1, -0.05) is 11.6 Å². The van der Waals surface area contributed by atoms with Gasteiger partial charge in [0.15, 0.2) is 5.82 Å². The van der Waals surface area contributed by atoms with Gasteiger partial charge in [-0.3, -0.25) is 9.69 Å². The van der Waals surface area contributed by atoms with Crippen molar-refractivity contribution in [1.29, 1.82) is 0 Å². The highest BCUT2D eigenvalue weighted by molar-refractivity contribution is 5.81. The summed E-state index contributed by atoms with van der Waals surface area (Å²) in [5.74, 6) is 0.741. The quantitative estimate of drug-likeness (QED) is 0.768. The molecule has 1 aromatic rings. The van der Waals surface area contributed by atoms with E-state index < -0.39 is 0 Å². The molecule has 7 nitrogen and oxygen atoms in total. The van der Waals surface area contributed by atoms with Crippen LogP contribution in [0.25, 0.3) is 0 Å². The van der Waals surface area contributed by atoms with Gasteiger partial charge in [0.05, 0.1) is 6.04 Å². The first-order valence-corrected chi connectivity index (χ1v) is 7.15. The topological polar surface area (TPSA) is 91.5 Å². The minimum atomic E-state index is -0.259. The normalized spacial score (nSPS) is 17.9. The Kier molecular flexibility index (Phi) is 5.49. The van der Waals surface area contributed by atoms with Crippen molar-refractivity contribution in [2.24, 2.45) is 0 Å². The molecule has 1 aliphatic rings. The van der Waals surface area contributed by atoms with Gasteiger partial charge in [-0.05, 0) is 32.9 Å². The number of nitrogens with one attached hydrogen (secondary N) is 1. The zero-order valence-electron chi connectivity index (χ0n) is 11.8. The fourth-order valence-electron chi connectivity index (χ4n) is 2.37. The van der Waals surface area contributed by atoms with Crippen LogP contribution in [0.2, 0.25) is 0 Å². The average molecular weight is 282 g/mol. The van der Waals surface area contributed by atoms with Gasteiger partial charge in [0, 0.05) is 13.0 Å². The number of hydrogen-bond acceptors (Lipinski definition) is 6. The summed E-state index contributed by atoms with van der Waals surface area (Å²) < 4.78 is 4.78. The molecule has 0 aliphatic carbocycles. The van der Waals surface area contributed by atoms with E-state index >= 15 is 0 Å². The van der Waals surface area contributed by atoms with Gasteiger partial charge in [-0.25, -0.2) is 0 Å². The highest BCUT2D eigenvalue weighted by Crippen LogP contribution is 2.11. The Hall–Kier alpha value is -1.47. The van der Waals surface area contributed by atoms with E-state index in [-0.39, 0.29) is 24.4 Å². The molecule has 1 aliphatic heterocycles. The van der Waals surface area contributed by atoms with E-state index in [1.54, 1.807) is 0 Å². The van der Waals surface area contributed by atoms with Crippen molar-refractivity contribution in [2.45, 2.75) is 45.3 Å². The van der Waals surface area contributed by atoms with Gasteiger partial charge in [0.1, 0.15) is 6.61 Å². The molecule has 1 amide bonds. The third-order valence-corrected chi connectivity index (χ3v) is 3.61. The van der Waals surface area contributed by atoms with E-state index in [1.165, 1.54) is 19.3 Å². The number of nitrogens with zero attached hydrogens (tertiary/aromatic N) is 3. The second-order valence-electron chi connectivity index (χ2n) is 5.08. The molecule has 0 aromatic carbocycles. The maximum Gasteiger partial charge on any atom is 0.252 e. The molecule has 2 heterocycles. The summed E-state index contributed by atoms with van der Waals surface area (Å²) in [7, 11) is 0. The fraction of sp³-hybridized carbons (Fsp3) is 0.769. The molecule has 1 atom stereocenters. The summed E-state index contributed by atoms with van der Waals surface area (Å²) in [5, 5.41) is 15.4. The van der Waals surface area contributed by atoms with Crippen LogP contribution >= 0.6 is 0 Å². The van der Waals surface area contributed by atoms with Gasteiger partial charge in [0.25, 0.3) is 5.89 Å². The van der Waals surface area contributed by atoms with E-state index in [9.17, 15) is 4.79 Å². The summed E-state index contributed by atoms with van der Waals surface area (Å²) in [5.41, 5.74) is 0. The molecule has 2 rings (SSSR count). The van der Waals surface area contributed by atoms with Crippen LogP contribution < -0.4 is 5.32 Å². The van der Waals surface area contributed by atoms with Crippen LogP contribution in [0.5, 0.6) is 0 Å². The predicted octanol–water partition coefficient (Wildman–Crippen LogP) is 0.0950. The van der Waals surface area contributed by atoms with Crippen molar-refractivity contribution < 1.29 is 14.4 Å². The van der Waals surface area contributed by atoms with Crippen molar-refractivity contribution in [3.8, 4) is 0 Å². The van der Waals surface area contributed by atoms with Crippen molar-refractivity contribution >= 4 is 5.91 Å². The molecular formula is C13H22N4O3. The van der Waals surface area contributed by atoms with Crippen LogP contribution in [0.1, 0.15) is 37.9 Å². The third-order valence-electron chi connectivity index (χ3n) is 3.61. The van der Waals surface area contributed by atoms with Crippen molar-refractivity contribution in [3.05, 3.63) is 11.7 Å². The number of hydrogen-bond donors (Lipinski definition) is 2. The first-order valence-electron chi connectivity index (χ1n) is 7.15. The Morgan fingerprint density at radius 2 is 2.20 bits per heavy atom. The lowest BCUT2D eigenvalue weighted by Gasteiger charge is -2.31. The van der Waals surface area contributed by atoms with E-state index in [1.807, 2.05) is 6.92 Å². The first kappa shape index (κ1) is 14.9. The van der Waals surface area contributed by atoms with Crippen molar-refractivity contribution in [3.63, 3.8) is 0 Å². The minimum Gasteiger partial charge on any atom is -0.387 e. The molecular weight excluding hydrogens is 260 g/mol. The van der Waals surface area contributed by atoms with Crippen LogP contribution in [0, 0.1) is 0 Å². The predicted molar refractivity (Wildman–Crippen MR) is 71.8 cm³/mol. The monoisotopic (exact) mass is 282 g/mol. The molecule has 1 saturated heterocycles. The van der Waals surface area contributed by atoms with Crippen LogP contribution in [0.15, 0.2) is 4.52 Å². The largest absolute Gasteiger partial charge is 0.387 e. The third kappa shape index (κ3) is 4.01. The van der Waals surface area contributed by atoms with Gasteiger partial charge >= 0.3 is 0 Å². The van der Waals surface area contributed by atoms with E-state index in [2.05, 4.69) is 20.4 Å². The number of piperidine rings is 1. The maximum atomic E-state index is 12.0. The number of carbonyl (C=O) groups excluding carboxylic acids is 1. The lowest BCUT2D eigenvalue weighted by molar-refractivity contribution is -0.126. The Bertz CT molecular complexity index is 429. The first-order chi connectivity index (χ1) is 9.70. The van der Waals surface area contributed by atoms with Crippen molar-refractivity contribution in [2.75, 3.05) is 19.6 Å². The SMILES string of the molecule is C[C@H](C(=O)NCCc1noc(CO)n1)N1CCCCC1. The van der Waals surface area contributed by atoms with E-state index in [4.69, 9.17) is 9.63 Å². The van der Waals surface area contributed by atoms with Gasteiger partial charge in [-0.15, -0.1) is 0 Å². The zero-order chi connectivity index (χ0) is 14.4. The zero-order valence-corrected chi connectivity index (χ0v) is 11.8. The lowest BCUT2D eigenvalue weighted by atomic mass is 10.1. The molecule has 1 aromatic heterocycles. The summed E-state index contributed by atoms with van der Waals surface area (Å²) >= 11 is 0. The maximum absolute atomic E-state index is 12.0. The smallest absolute Gasteiger partial charge is 0.252 e. The Labute approximate surface area is 118 Å². The second kappa shape index (κ2) is 7.35. The number of aliphatic hydroxyl groups is 1. The molecule has 20 heavy (non-hydrogen) atoms. The van der Waals surface area contributed by atoms with E-state index in [0.717, 1.165) is 13.1 Å². The van der Waals surface area contributed by atoms with Gasteiger partial charge in [-0.2, -0.15) is 4.98 Å². The Morgan fingerprint density at radius 3 is 2.85 bits per heavy atom. The van der Waals surface area contributed by atoms with Crippen LogP contribution in [0.3, 0.4) is 0 Å². The number of rotatable bonds is 6. The summed E-state index contributed by atoms with van der Waals surface area (Å²) in [6, 6.07) is -0.0893. The molecule has 1 fully saturated rings. The molecule has 2 N–H and O–H groups in total. The number of likely N-dealkylation sites (tertiary alicyclic amines) is 1. The molecule has 112 valence electrons. The lowest BCUT2D eigenvalue weighted by Crippen LogP contribution is -2.47. The summed E-state index contributed by atoms with van der Waals surface area (Å²) in [6.07, 6.45) is 4.10. The van der Waals surface area contributed by atoms with E-state index in [0.29, 0.717) is 18.8 Å². The molecule has 0 unspecified atom stereocenters. The fourth-order valence-corrected chi connectivity index (χ4v) is 2.37. The number of amides is 1. The van der Waals surface area contributed by atoms with Crippen LogP contribution in [-0.4, -0.2) is 51.7 Å². The second-order valence-corrected chi connectivity index (χ2v) is 5.08. The summed E-state index contributed by atoms with van der Waals surface area (Å²) in [4.78, 5) is 18.2. The van der Waals surface area contributed by atoms with Gasteiger partial charge in [0.2, 0.25) is 5.91 Å². The molecule has 0 radical (unpaired) electrons. The minimum absolute atomic E-state index is 0.0396. The highest BCUT2D eigenvalue weighted by Gasteiger charge is 2.22. The average Bonchev–Trinajstić information content (AvgIpc) is 2.95. The standard InChI is InChI=1S/C13H22N4O3/c1-10(17-7-3-2-4-8-17)13(19)14-6-5-11-15-12(9-18)20-16-11/h10,18H,2-9H2,1H3,(H,14,19)/t10-/m1/s1. The number of aromatic nitrogens is 2. The number of carbonyl (C=O) groups is 1. The molecule has 0 spiro atoms. The summed E-state index contributed by atoms with van der Waals surface area (Å²) in [6.45, 7) is 4.16. The number of aliphatic hydroxyl groups excluding tert-OH is 1. The molecule has 7 heteroatoms.